The van der Waals surface area contributed by atoms with Crippen molar-refractivity contribution < 1.29 is 14.3 Å². The first kappa shape index (κ1) is 16.7. The molecule has 1 heterocycles. The van der Waals surface area contributed by atoms with Gasteiger partial charge in [0.2, 0.25) is 6.41 Å². The van der Waals surface area contributed by atoms with Gasteiger partial charge < -0.3 is 14.4 Å². The minimum Gasteiger partial charge on any atom is -0.375 e. The van der Waals surface area contributed by atoms with Gasteiger partial charge in [0.25, 0.3) is 0 Å². The lowest BCUT2D eigenvalue weighted by Gasteiger charge is -2.46. The molecule has 0 spiro atoms. The topological polar surface area (TPSA) is 38.8 Å². The van der Waals surface area contributed by atoms with Gasteiger partial charge in [-0.15, -0.1) is 0 Å². The average molecular weight is 325 g/mol. The Morgan fingerprint density at radius 2 is 1.29 bits per heavy atom. The number of likely N-dealkylation sites (tertiary alicyclic amines) is 1. The van der Waals surface area contributed by atoms with Crippen LogP contribution in [-0.2, 0) is 27.5 Å². The first-order chi connectivity index (χ1) is 11.9. The molecule has 126 valence electrons. The second-order valence-electron chi connectivity index (χ2n) is 6.10. The molecule has 0 unspecified atom stereocenters. The lowest BCUT2D eigenvalue weighted by molar-refractivity contribution is -0.139. The van der Waals surface area contributed by atoms with Crippen molar-refractivity contribution in [1.82, 2.24) is 4.90 Å². The lowest BCUT2D eigenvalue weighted by Crippen LogP contribution is -2.58. The monoisotopic (exact) mass is 325 g/mol. The number of rotatable bonds is 9. The van der Waals surface area contributed by atoms with E-state index in [0.717, 1.165) is 24.0 Å². The first-order valence-electron chi connectivity index (χ1n) is 8.33. The molecular formula is C20H23NO3. The van der Waals surface area contributed by atoms with Crippen molar-refractivity contribution in [3.05, 3.63) is 71.8 Å². The summed E-state index contributed by atoms with van der Waals surface area (Å²) >= 11 is 0. The summed E-state index contributed by atoms with van der Waals surface area (Å²) < 4.78 is 11.5. The average Bonchev–Trinajstić information content (AvgIpc) is 2.61. The van der Waals surface area contributed by atoms with Crippen LogP contribution in [0.1, 0.15) is 17.5 Å². The molecule has 1 aliphatic heterocycles. The Morgan fingerprint density at radius 1 is 0.833 bits per heavy atom. The van der Waals surface area contributed by atoms with Crippen molar-refractivity contribution in [3.63, 3.8) is 0 Å². The van der Waals surface area contributed by atoms with Crippen LogP contribution >= 0.6 is 0 Å². The molecule has 0 N–H and O–H groups in total. The zero-order chi connectivity index (χ0) is 16.6. The first-order valence-corrected chi connectivity index (χ1v) is 8.33. The molecule has 2 aromatic carbocycles. The number of benzene rings is 2. The minimum absolute atomic E-state index is 0.163. The number of hydrogen-bond donors (Lipinski definition) is 0. The standard InChI is InChI=1S/C20H23NO3/c22-16-21-19(14-23-12-17-7-3-1-4-8-17)11-20(21)15-24-13-18-9-5-2-6-10-18/h1-10,16,19-20H,11-15H2/t19-,20-/m1/s1. The van der Waals surface area contributed by atoms with Crippen LogP contribution in [0.5, 0.6) is 0 Å². The predicted octanol–water partition coefficient (Wildman–Crippen LogP) is 3.02. The molecule has 2 aromatic rings. The molecule has 0 aliphatic carbocycles. The summed E-state index contributed by atoms with van der Waals surface area (Å²) in [4.78, 5) is 13.1. The number of hydrogen-bond acceptors (Lipinski definition) is 3. The number of ether oxygens (including phenoxy) is 2. The third kappa shape index (κ3) is 4.43. The Kier molecular flexibility index (Phi) is 5.99. The highest BCUT2D eigenvalue weighted by atomic mass is 16.5. The van der Waals surface area contributed by atoms with Crippen LogP contribution in [0, 0.1) is 0 Å². The Hall–Kier alpha value is -2.17. The van der Waals surface area contributed by atoms with E-state index in [1.807, 2.05) is 65.6 Å². The predicted molar refractivity (Wildman–Crippen MR) is 92.3 cm³/mol. The number of nitrogens with zero attached hydrogens (tertiary/aromatic N) is 1. The van der Waals surface area contributed by atoms with Crippen LogP contribution in [0.3, 0.4) is 0 Å². The Balaban J connectivity index is 1.35. The highest BCUT2D eigenvalue weighted by Crippen LogP contribution is 2.25. The van der Waals surface area contributed by atoms with Crippen LogP contribution in [0.2, 0.25) is 0 Å². The van der Waals surface area contributed by atoms with Gasteiger partial charge in [0.1, 0.15) is 0 Å². The van der Waals surface area contributed by atoms with Gasteiger partial charge in [0, 0.05) is 0 Å². The van der Waals surface area contributed by atoms with Crippen molar-refractivity contribution in [3.8, 4) is 0 Å². The summed E-state index contributed by atoms with van der Waals surface area (Å²) in [5.41, 5.74) is 2.30. The molecule has 4 nitrogen and oxygen atoms in total. The second kappa shape index (κ2) is 8.62. The zero-order valence-electron chi connectivity index (χ0n) is 13.7. The molecule has 1 fully saturated rings. The van der Waals surface area contributed by atoms with Crippen molar-refractivity contribution >= 4 is 6.41 Å². The van der Waals surface area contributed by atoms with E-state index < -0.39 is 0 Å². The van der Waals surface area contributed by atoms with Crippen LogP contribution in [0.4, 0.5) is 0 Å². The van der Waals surface area contributed by atoms with E-state index in [2.05, 4.69) is 0 Å². The van der Waals surface area contributed by atoms with Crippen molar-refractivity contribution in [2.75, 3.05) is 13.2 Å². The SMILES string of the molecule is O=CN1[C@@H](COCc2ccccc2)C[C@@H]1COCc1ccccc1. The van der Waals surface area contributed by atoms with Crippen molar-refractivity contribution in [1.29, 1.82) is 0 Å². The minimum atomic E-state index is 0.163. The van der Waals surface area contributed by atoms with Gasteiger partial charge >= 0.3 is 0 Å². The molecule has 0 aromatic heterocycles. The van der Waals surface area contributed by atoms with Crippen LogP contribution in [0.25, 0.3) is 0 Å². The zero-order valence-corrected chi connectivity index (χ0v) is 13.7. The van der Waals surface area contributed by atoms with E-state index in [9.17, 15) is 4.79 Å². The van der Waals surface area contributed by atoms with Crippen LogP contribution in [-0.4, -0.2) is 36.6 Å². The van der Waals surface area contributed by atoms with Gasteiger partial charge in [0.15, 0.2) is 0 Å². The van der Waals surface area contributed by atoms with E-state index in [1.165, 1.54) is 0 Å². The van der Waals surface area contributed by atoms with E-state index in [0.29, 0.717) is 26.4 Å². The molecule has 3 rings (SSSR count). The van der Waals surface area contributed by atoms with Crippen LogP contribution in [0.15, 0.2) is 60.7 Å². The second-order valence-corrected chi connectivity index (χ2v) is 6.10. The van der Waals surface area contributed by atoms with Gasteiger partial charge in [-0.05, 0) is 17.5 Å². The van der Waals surface area contributed by atoms with E-state index in [1.54, 1.807) is 0 Å². The van der Waals surface area contributed by atoms with E-state index >= 15 is 0 Å². The van der Waals surface area contributed by atoms with Gasteiger partial charge in [-0.2, -0.15) is 0 Å². The highest BCUT2D eigenvalue weighted by molar-refractivity contribution is 5.50. The number of amides is 1. The van der Waals surface area contributed by atoms with Gasteiger partial charge in [-0.1, -0.05) is 60.7 Å². The fourth-order valence-electron chi connectivity index (χ4n) is 2.97. The molecule has 0 bridgehead atoms. The third-order valence-electron chi connectivity index (χ3n) is 4.35. The van der Waals surface area contributed by atoms with Crippen molar-refractivity contribution in [2.45, 2.75) is 31.7 Å². The maximum Gasteiger partial charge on any atom is 0.210 e. The Morgan fingerprint density at radius 3 is 1.71 bits per heavy atom. The molecule has 4 heteroatoms. The number of carbonyl (C=O) groups is 1. The summed E-state index contributed by atoms with van der Waals surface area (Å²) in [7, 11) is 0. The molecule has 0 radical (unpaired) electrons. The van der Waals surface area contributed by atoms with E-state index in [4.69, 9.17) is 9.47 Å². The summed E-state index contributed by atoms with van der Waals surface area (Å²) in [6.07, 6.45) is 1.85. The van der Waals surface area contributed by atoms with Crippen LogP contribution < -0.4 is 0 Å². The summed E-state index contributed by atoms with van der Waals surface area (Å²) in [6.45, 7) is 2.31. The molecule has 0 saturated carbocycles. The largest absolute Gasteiger partial charge is 0.375 e. The fourth-order valence-corrected chi connectivity index (χ4v) is 2.97. The normalized spacial score (nSPS) is 19.8. The van der Waals surface area contributed by atoms with Gasteiger partial charge in [-0.25, -0.2) is 0 Å². The smallest absolute Gasteiger partial charge is 0.210 e. The Labute approximate surface area is 143 Å². The molecule has 1 saturated heterocycles. The highest BCUT2D eigenvalue weighted by Gasteiger charge is 2.37. The Bertz CT molecular complexity index is 566. The molecule has 1 aliphatic rings. The summed E-state index contributed by atoms with van der Waals surface area (Å²) in [5, 5.41) is 0. The van der Waals surface area contributed by atoms with E-state index in [-0.39, 0.29) is 12.1 Å². The molecule has 2 atom stereocenters. The maximum absolute atomic E-state index is 11.3. The van der Waals surface area contributed by atoms with Crippen molar-refractivity contribution in [2.24, 2.45) is 0 Å². The quantitative estimate of drug-likeness (QED) is 0.665. The number of carbonyl (C=O) groups excluding carboxylic acids is 1. The van der Waals surface area contributed by atoms with Gasteiger partial charge in [0.05, 0.1) is 38.5 Å². The molecule has 24 heavy (non-hydrogen) atoms. The van der Waals surface area contributed by atoms with Gasteiger partial charge in [-0.3, -0.25) is 4.79 Å². The lowest BCUT2D eigenvalue weighted by atomic mass is 9.95. The third-order valence-corrected chi connectivity index (χ3v) is 4.35. The maximum atomic E-state index is 11.3. The fraction of sp³-hybridized carbons (Fsp3) is 0.350. The molecule has 1 amide bonds. The summed E-state index contributed by atoms with van der Waals surface area (Å²) in [6, 6.07) is 20.5. The summed E-state index contributed by atoms with van der Waals surface area (Å²) in [5.74, 6) is 0. The molecular weight excluding hydrogens is 302 g/mol.